The Labute approximate surface area is 203 Å². The van der Waals surface area contributed by atoms with Crippen LogP contribution in [0.25, 0.3) is 5.76 Å². The Kier molecular flexibility index (Phi) is 6.68. The SMILES string of the molecule is CCOC(=O)c1ccc(N2C(=O)C(=O)/C(=C(/O)c3ccc(C)cc3)C2c2ccc(OC)cc2)cc1. The summed E-state index contributed by atoms with van der Waals surface area (Å²) in [5, 5.41) is 11.2. The summed E-state index contributed by atoms with van der Waals surface area (Å²) in [6.07, 6.45) is 0. The highest BCUT2D eigenvalue weighted by molar-refractivity contribution is 6.51. The Balaban J connectivity index is 1.85. The number of nitrogens with zero attached hydrogens (tertiary/aromatic N) is 1. The Morgan fingerprint density at radius 1 is 0.914 bits per heavy atom. The number of carbonyl (C=O) groups is 3. The Morgan fingerprint density at radius 2 is 1.51 bits per heavy atom. The summed E-state index contributed by atoms with van der Waals surface area (Å²) in [6, 6.07) is 19.4. The standard InChI is InChI=1S/C28H25NO6/c1-4-35-28(33)20-9-13-21(14-10-20)29-24(18-11-15-22(34-3)16-12-18)23(26(31)27(29)32)25(30)19-7-5-17(2)6-8-19/h5-16,24,30H,4H2,1-3H3/b25-23+. The third-order valence-corrected chi connectivity index (χ3v) is 5.86. The topological polar surface area (TPSA) is 93.1 Å². The van der Waals surface area contributed by atoms with Crippen molar-refractivity contribution in [2.75, 3.05) is 18.6 Å². The van der Waals surface area contributed by atoms with Crippen molar-refractivity contribution in [2.24, 2.45) is 0 Å². The van der Waals surface area contributed by atoms with Crippen LogP contribution in [0.3, 0.4) is 0 Å². The first-order chi connectivity index (χ1) is 16.8. The van der Waals surface area contributed by atoms with E-state index in [0.29, 0.717) is 28.1 Å². The maximum atomic E-state index is 13.2. The quantitative estimate of drug-likeness (QED) is 0.240. The molecule has 1 amide bonds. The van der Waals surface area contributed by atoms with Gasteiger partial charge in [-0.05, 0) is 55.8 Å². The first kappa shape index (κ1) is 23.8. The molecule has 0 aromatic heterocycles. The van der Waals surface area contributed by atoms with Crippen molar-refractivity contribution in [1.82, 2.24) is 0 Å². The van der Waals surface area contributed by atoms with E-state index in [1.165, 1.54) is 17.0 Å². The molecule has 1 heterocycles. The molecule has 1 unspecified atom stereocenters. The molecule has 1 fully saturated rings. The number of Topliss-reactive ketones (excluding diaryl/α,β-unsaturated/α-hetero) is 1. The lowest BCUT2D eigenvalue weighted by molar-refractivity contribution is -0.132. The predicted molar refractivity (Wildman–Crippen MR) is 131 cm³/mol. The van der Waals surface area contributed by atoms with Gasteiger partial charge in [-0.1, -0.05) is 42.0 Å². The molecule has 0 saturated carbocycles. The molecule has 35 heavy (non-hydrogen) atoms. The van der Waals surface area contributed by atoms with Gasteiger partial charge in [0.15, 0.2) is 0 Å². The van der Waals surface area contributed by atoms with Gasteiger partial charge in [-0.15, -0.1) is 0 Å². The molecule has 7 nitrogen and oxygen atoms in total. The third kappa shape index (κ3) is 4.53. The van der Waals surface area contributed by atoms with Crippen LogP contribution in [0.4, 0.5) is 5.69 Å². The Morgan fingerprint density at radius 3 is 2.09 bits per heavy atom. The van der Waals surface area contributed by atoms with Crippen molar-refractivity contribution in [3.05, 3.63) is 101 Å². The Bertz CT molecular complexity index is 1290. The van der Waals surface area contributed by atoms with E-state index >= 15 is 0 Å². The van der Waals surface area contributed by atoms with Gasteiger partial charge in [0.2, 0.25) is 0 Å². The monoisotopic (exact) mass is 471 g/mol. The number of benzene rings is 3. The molecule has 3 aromatic rings. The van der Waals surface area contributed by atoms with Crippen molar-refractivity contribution in [3.8, 4) is 5.75 Å². The van der Waals surface area contributed by atoms with E-state index in [4.69, 9.17) is 9.47 Å². The minimum absolute atomic E-state index is 0.0153. The summed E-state index contributed by atoms with van der Waals surface area (Å²) in [5.41, 5.74) is 2.77. The second kappa shape index (κ2) is 9.85. The van der Waals surface area contributed by atoms with Crippen LogP contribution in [0.5, 0.6) is 5.75 Å². The zero-order valence-electron chi connectivity index (χ0n) is 19.6. The molecule has 1 aliphatic rings. The number of hydrogen-bond donors (Lipinski definition) is 1. The van der Waals surface area contributed by atoms with E-state index < -0.39 is 23.7 Å². The molecule has 3 aromatic carbocycles. The lowest BCUT2D eigenvalue weighted by Gasteiger charge is -2.25. The number of amides is 1. The van der Waals surface area contributed by atoms with Crippen LogP contribution in [0.15, 0.2) is 78.4 Å². The lowest BCUT2D eigenvalue weighted by atomic mass is 9.94. The van der Waals surface area contributed by atoms with E-state index in [-0.39, 0.29) is 17.9 Å². The fraction of sp³-hybridized carbons (Fsp3) is 0.179. The highest BCUT2D eigenvalue weighted by Crippen LogP contribution is 2.42. The summed E-state index contributed by atoms with van der Waals surface area (Å²) in [5.74, 6) is -1.69. The molecule has 178 valence electrons. The van der Waals surface area contributed by atoms with Gasteiger partial charge in [-0.3, -0.25) is 14.5 Å². The minimum Gasteiger partial charge on any atom is -0.507 e. The number of rotatable bonds is 6. The van der Waals surface area contributed by atoms with Crippen LogP contribution >= 0.6 is 0 Å². The molecule has 1 aliphatic heterocycles. The van der Waals surface area contributed by atoms with Crippen LogP contribution in [0.2, 0.25) is 0 Å². The number of ether oxygens (including phenoxy) is 2. The van der Waals surface area contributed by atoms with Crippen molar-refractivity contribution in [2.45, 2.75) is 19.9 Å². The molecule has 0 spiro atoms. The number of esters is 1. The number of hydrogen-bond acceptors (Lipinski definition) is 6. The van der Waals surface area contributed by atoms with Gasteiger partial charge in [0, 0.05) is 11.3 Å². The smallest absolute Gasteiger partial charge is 0.338 e. The average molecular weight is 472 g/mol. The summed E-state index contributed by atoms with van der Waals surface area (Å²) in [7, 11) is 1.55. The summed E-state index contributed by atoms with van der Waals surface area (Å²) < 4.78 is 10.3. The van der Waals surface area contributed by atoms with Gasteiger partial charge < -0.3 is 14.6 Å². The predicted octanol–water partition coefficient (Wildman–Crippen LogP) is 4.81. The molecular formula is C28H25NO6. The molecule has 0 bridgehead atoms. The van der Waals surface area contributed by atoms with Gasteiger partial charge in [0.05, 0.1) is 30.9 Å². The van der Waals surface area contributed by atoms with E-state index in [1.54, 1.807) is 62.6 Å². The molecular weight excluding hydrogens is 446 g/mol. The molecule has 0 radical (unpaired) electrons. The Hall–Kier alpha value is -4.39. The number of anilines is 1. The van der Waals surface area contributed by atoms with Gasteiger partial charge in [0.1, 0.15) is 11.5 Å². The molecule has 0 aliphatic carbocycles. The van der Waals surface area contributed by atoms with E-state index in [1.807, 2.05) is 19.1 Å². The van der Waals surface area contributed by atoms with E-state index in [0.717, 1.165) is 5.56 Å². The highest BCUT2D eigenvalue weighted by atomic mass is 16.5. The summed E-state index contributed by atoms with van der Waals surface area (Å²) in [4.78, 5) is 39.9. The first-order valence-electron chi connectivity index (χ1n) is 11.1. The second-order valence-corrected chi connectivity index (χ2v) is 8.08. The van der Waals surface area contributed by atoms with Crippen molar-refractivity contribution < 1.29 is 29.0 Å². The van der Waals surface area contributed by atoms with E-state index in [9.17, 15) is 19.5 Å². The molecule has 1 atom stereocenters. The van der Waals surface area contributed by atoms with Gasteiger partial charge in [-0.2, -0.15) is 0 Å². The molecule has 7 heteroatoms. The number of aliphatic hydroxyl groups is 1. The van der Waals surface area contributed by atoms with Crippen LogP contribution in [-0.2, 0) is 14.3 Å². The van der Waals surface area contributed by atoms with Crippen molar-refractivity contribution in [1.29, 1.82) is 0 Å². The van der Waals surface area contributed by atoms with Crippen LogP contribution < -0.4 is 9.64 Å². The van der Waals surface area contributed by atoms with Crippen molar-refractivity contribution >= 4 is 29.1 Å². The lowest BCUT2D eigenvalue weighted by Crippen LogP contribution is -2.29. The molecule has 1 N–H and O–H groups in total. The van der Waals surface area contributed by atoms with Crippen LogP contribution in [0.1, 0.15) is 40.0 Å². The number of aliphatic hydroxyl groups excluding tert-OH is 1. The van der Waals surface area contributed by atoms with Gasteiger partial charge in [0.25, 0.3) is 11.7 Å². The minimum atomic E-state index is -0.879. The van der Waals surface area contributed by atoms with Crippen LogP contribution in [0, 0.1) is 6.92 Å². The first-order valence-corrected chi connectivity index (χ1v) is 11.1. The van der Waals surface area contributed by atoms with Gasteiger partial charge in [-0.25, -0.2) is 4.79 Å². The maximum absolute atomic E-state index is 13.2. The number of aryl methyl sites for hydroxylation is 1. The number of methoxy groups -OCH3 is 1. The third-order valence-electron chi connectivity index (χ3n) is 5.86. The largest absolute Gasteiger partial charge is 0.507 e. The molecule has 4 rings (SSSR count). The van der Waals surface area contributed by atoms with Crippen molar-refractivity contribution in [3.63, 3.8) is 0 Å². The van der Waals surface area contributed by atoms with Gasteiger partial charge >= 0.3 is 5.97 Å². The zero-order valence-corrected chi connectivity index (χ0v) is 19.6. The second-order valence-electron chi connectivity index (χ2n) is 8.08. The number of carbonyl (C=O) groups excluding carboxylic acids is 3. The fourth-order valence-electron chi connectivity index (χ4n) is 4.04. The fourth-order valence-corrected chi connectivity index (χ4v) is 4.04. The van der Waals surface area contributed by atoms with E-state index in [2.05, 4.69) is 0 Å². The summed E-state index contributed by atoms with van der Waals surface area (Å²) >= 11 is 0. The summed E-state index contributed by atoms with van der Waals surface area (Å²) in [6.45, 7) is 3.88. The maximum Gasteiger partial charge on any atom is 0.338 e. The highest BCUT2D eigenvalue weighted by Gasteiger charge is 2.47. The average Bonchev–Trinajstić information content (AvgIpc) is 3.14. The number of ketones is 1. The van der Waals surface area contributed by atoms with Crippen LogP contribution in [-0.4, -0.2) is 36.5 Å². The normalized spacial score (nSPS) is 16.9. The zero-order chi connectivity index (χ0) is 25.1. The molecule has 1 saturated heterocycles.